The van der Waals surface area contributed by atoms with Gasteiger partial charge in [0.25, 0.3) is 0 Å². The normalized spacial score (nSPS) is 10.7. The van der Waals surface area contributed by atoms with Gasteiger partial charge in [-0.1, -0.05) is 37.6 Å². The molecule has 0 fully saturated rings. The second-order valence-corrected chi connectivity index (χ2v) is 8.22. The highest BCUT2D eigenvalue weighted by Gasteiger charge is 2.10. The van der Waals surface area contributed by atoms with Crippen molar-refractivity contribution in [2.75, 3.05) is 17.2 Å². The molecule has 0 aliphatic heterocycles. The quantitative estimate of drug-likeness (QED) is 0.347. The van der Waals surface area contributed by atoms with Crippen LogP contribution in [0.4, 0.5) is 15.8 Å². The van der Waals surface area contributed by atoms with Gasteiger partial charge in [-0.05, 0) is 61.0 Å². The minimum atomic E-state index is -0.384. The van der Waals surface area contributed by atoms with Crippen LogP contribution in [0, 0.1) is 11.7 Å². The summed E-state index contributed by atoms with van der Waals surface area (Å²) >= 11 is 6.09. The molecule has 0 unspecified atom stereocenters. The summed E-state index contributed by atoms with van der Waals surface area (Å²) in [6, 6.07) is 17.5. The molecule has 33 heavy (non-hydrogen) atoms. The van der Waals surface area contributed by atoms with Gasteiger partial charge in [-0.3, -0.25) is 4.79 Å². The number of carbonyl (C=O) groups is 1. The molecule has 7 heteroatoms. The number of amides is 1. The van der Waals surface area contributed by atoms with Crippen LogP contribution >= 0.6 is 11.6 Å². The number of ether oxygens (including phenoxy) is 2. The second kappa shape index (κ2) is 11.6. The number of halogens is 2. The Bertz CT molecular complexity index is 1090. The number of rotatable bonds is 10. The average Bonchev–Trinajstić information content (AvgIpc) is 2.79. The Hall–Kier alpha value is -3.25. The van der Waals surface area contributed by atoms with Gasteiger partial charge < -0.3 is 20.1 Å². The van der Waals surface area contributed by atoms with Gasteiger partial charge in [-0.25, -0.2) is 4.39 Å². The fourth-order valence-electron chi connectivity index (χ4n) is 3.01. The first-order valence-electron chi connectivity index (χ1n) is 10.8. The molecule has 3 rings (SSSR count). The first-order valence-corrected chi connectivity index (χ1v) is 11.2. The van der Waals surface area contributed by atoms with E-state index in [1.54, 1.807) is 6.07 Å². The van der Waals surface area contributed by atoms with E-state index in [4.69, 9.17) is 21.1 Å². The van der Waals surface area contributed by atoms with Gasteiger partial charge in [0, 0.05) is 29.4 Å². The van der Waals surface area contributed by atoms with Crippen molar-refractivity contribution < 1.29 is 18.7 Å². The first-order chi connectivity index (χ1) is 15.9. The molecule has 0 atom stereocenters. The molecule has 0 aromatic heterocycles. The van der Waals surface area contributed by atoms with Crippen LogP contribution < -0.4 is 20.1 Å². The number of nitrogens with one attached hydrogen (secondary N) is 2. The van der Waals surface area contributed by atoms with Crippen molar-refractivity contribution in [2.24, 2.45) is 5.92 Å². The third-order valence-electron chi connectivity index (χ3n) is 4.88. The van der Waals surface area contributed by atoms with E-state index in [9.17, 15) is 9.18 Å². The van der Waals surface area contributed by atoms with Crippen molar-refractivity contribution in [3.05, 3.63) is 82.6 Å². The van der Waals surface area contributed by atoms with Crippen molar-refractivity contribution in [3.8, 4) is 11.5 Å². The molecule has 0 radical (unpaired) electrons. The molecule has 0 heterocycles. The maximum absolute atomic E-state index is 13.2. The van der Waals surface area contributed by atoms with E-state index in [0.717, 1.165) is 16.9 Å². The lowest BCUT2D eigenvalue weighted by atomic mass is 10.2. The second-order valence-electron chi connectivity index (χ2n) is 7.81. The molecule has 5 nitrogen and oxygen atoms in total. The van der Waals surface area contributed by atoms with E-state index in [-0.39, 0.29) is 24.2 Å². The minimum Gasteiger partial charge on any atom is -0.490 e. The molecule has 0 bridgehead atoms. The molecule has 174 valence electrons. The van der Waals surface area contributed by atoms with Crippen molar-refractivity contribution >= 4 is 28.9 Å². The first kappa shape index (κ1) is 24.4. The van der Waals surface area contributed by atoms with E-state index >= 15 is 0 Å². The summed E-state index contributed by atoms with van der Waals surface area (Å²) in [5.74, 6) is 0.753. The lowest BCUT2D eigenvalue weighted by Crippen LogP contribution is -2.17. The van der Waals surface area contributed by atoms with Crippen LogP contribution in [0.2, 0.25) is 5.02 Å². The van der Waals surface area contributed by atoms with Crippen LogP contribution in [-0.4, -0.2) is 12.5 Å². The fourth-order valence-corrected chi connectivity index (χ4v) is 3.23. The molecule has 3 aromatic rings. The van der Waals surface area contributed by atoms with E-state index in [1.165, 1.54) is 12.1 Å². The third-order valence-corrected chi connectivity index (χ3v) is 5.23. The summed E-state index contributed by atoms with van der Waals surface area (Å²) in [5.41, 5.74) is 3.41. The van der Waals surface area contributed by atoms with Gasteiger partial charge in [-0.15, -0.1) is 0 Å². The summed E-state index contributed by atoms with van der Waals surface area (Å²) in [6.07, 6.45) is 0. The Balaban J connectivity index is 1.62. The molecule has 0 aliphatic carbocycles. The maximum Gasteiger partial charge on any atom is 0.226 e. The molecule has 2 N–H and O–H groups in total. The van der Waals surface area contributed by atoms with Crippen LogP contribution in [0.1, 0.15) is 31.9 Å². The van der Waals surface area contributed by atoms with Gasteiger partial charge >= 0.3 is 0 Å². The summed E-state index contributed by atoms with van der Waals surface area (Å²) in [6.45, 7) is 6.91. The number of hydrogen-bond donors (Lipinski definition) is 2. The van der Waals surface area contributed by atoms with Gasteiger partial charge in [0.1, 0.15) is 12.4 Å². The Kier molecular flexibility index (Phi) is 8.55. The molecule has 1 amide bonds. The van der Waals surface area contributed by atoms with Crippen LogP contribution in [0.5, 0.6) is 11.5 Å². The molecular weight excluding hydrogens is 443 g/mol. The van der Waals surface area contributed by atoms with E-state index < -0.39 is 0 Å². The number of carbonyl (C=O) groups excluding carboxylic acids is 1. The number of anilines is 2. The average molecular weight is 471 g/mol. The topological polar surface area (TPSA) is 59.6 Å². The van der Waals surface area contributed by atoms with Crippen molar-refractivity contribution in [2.45, 2.75) is 33.9 Å². The Morgan fingerprint density at radius 3 is 2.36 bits per heavy atom. The Morgan fingerprint density at radius 1 is 0.970 bits per heavy atom. The highest BCUT2D eigenvalue weighted by molar-refractivity contribution is 6.31. The zero-order valence-corrected chi connectivity index (χ0v) is 19.7. The molecule has 0 spiro atoms. The van der Waals surface area contributed by atoms with Gasteiger partial charge in [0.15, 0.2) is 11.5 Å². The number of benzene rings is 3. The SMILES string of the molecule is CCOc1cc(CNc2ccc(NC(=O)C(C)C)cc2)ccc1OCc1ccc(F)cc1Cl. The van der Waals surface area contributed by atoms with Crippen molar-refractivity contribution in [1.82, 2.24) is 0 Å². The van der Waals surface area contributed by atoms with E-state index in [0.29, 0.717) is 35.2 Å². The zero-order valence-electron chi connectivity index (χ0n) is 19.0. The summed E-state index contributed by atoms with van der Waals surface area (Å²) in [4.78, 5) is 11.8. The van der Waals surface area contributed by atoms with Gasteiger partial charge in [0.2, 0.25) is 5.91 Å². The van der Waals surface area contributed by atoms with Crippen molar-refractivity contribution in [3.63, 3.8) is 0 Å². The third kappa shape index (κ3) is 7.12. The smallest absolute Gasteiger partial charge is 0.226 e. The number of hydrogen-bond acceptors (Lipinski definition) is 4. The molecule has 0 saturated carbocycles. The van der Waals surface area contributed by atoms with E-state index in [2.05, 4.69) is 10.6 Å². The predicted octanol–water partition coefficient (Wildman–Crippen LogP) is 6.66. The Labute approximate surface area is 198 Å². The van der Waals surface area contributed by atoms with Crippen LogP contribution in [0.25, 0.3) is 0 Å². The summed E-state index contributed by atoms with van der Waals surface area (Å²) in [5, 5.41) is 6.56. The largest absolute Gasteiger partial charge is 0.490 e. The summed E-state index contributed by atoms with van der Waals surface area (Å²) in [7, 11) is 0. The fraction of sp³-hybridized carbons (Fsp3) is 0.269. The minimum absolute atomic E-state index is 0.0110. The molecule has 3 aromatic carbocycles. The highest BCUT2D eigenvalue weighted by Crippen LogP contribution is 2.30. The molecule has 0 aliphatic rings. The lowest BCUT2D eigenvalue weighted by Gasteiger charge is -2.15. The van der Waals surface area contributed by atoms with Crippen molar-refractivity contribution in [1.29, 1.82) is 0 Å². The summed E-state index contributed by atoms with van der Waals surface area (Å²) < 4.78 is 24.9. The molecular formula is C26H28ClFN2O3. The highest BCUT2D eigenvalue weighted by atomic mass is 35.5. The predicted molar refractivity (Wildman–Crippen MR) is 131 cm³/mol. The van der Waals surface area contributed by atoms with Crippen LogP contribution in [0.15, 0.2) is 60.7 Å². The standard InChI is InChI=1S/C26H28ClFN2O3/c1-4-32-25-13-18(5-12-24(25)33-16-19-6-7-20(28)14-23(19)27)15-29-21-8-10-22(11-9-21)30-26(31)17(2)3/h5-14,17,29H,4,15-16H2,1-3H3,(H,30,31). The lowest BCUT2D eigenvalue weighted by molar-refractivity contribution is -0.118. The Morgan fingerprint density at radius 2 is 1.70 bits per heavy atom. The maximum atomic E-state index is 13.2. The van der Waals surface area contributed by atoms with E-state index in [1.807, 2.05) is 63.2 Å². The van der Waals surface area contributed by atoms with Gasteiger partial charge in [-0.2, -0.15) is 0 Å². The van der Waals surface area contributed by atoms with Crippen LogP contribution in [0.3, 0.4) is 0 Å². The van der Waals surface area contributed by atoms with Crippen LogP contribution in [-0.2, 0) is 17.9 Å². The van der Waals surface area contributed by atoms with Gasteiger partial charge in [0.05, 0.1) is 11.6 Å². The zero-order chi connectivity index (χ0) is 23.8. The monoisotopic (exact) mass is 470 g/mol. The molecule has 0 saturated heterocycles.